The fraction of sp³-hybridized carbons (Fsp3) is 0.381. The number of sulfonamides is 1. The summed E-state index contributed by atoms with van der Waals surface area (Å²) in [6.07, 6.45) is 2.15. The molecule has 1 aliphatic carbocycles. The predicted octanol–water partition coefficient (Wildman–Crippen LogP) is 4.13. The topological polar surface area (TPSA) is 75.3 Å². The van der Waals surface area contributed by atoms with Crippen molar-refractivity contribution < 1.29 is 13.2 Å². The molecule has 0 aromatic heterocycles. The van der Waals surface area contributed by atoms with Crippen LogP contribution in [0.25, 0.3) is 0 Å². The Morgan fingerprint density at radius 1 is 1.07 bits per heavy atom. The number of anilines is 2. The van der Waals surface area contributed by atoms with Gasteiger partial charge in [-0.2, -0.15) is 0 Å². The molecule has 0 saturated heterocycles. The van der Waals surface area contributed by atoms with E-state index in [0.29, 0.717) is 17.2 Å². The molecule has 0 fully saturated rings. The van der Waals surface area contributed by atoms with Gasteiger partial charge in [-0.05, 0) is 86.6 Å². The maximum absolute atomic E-state index is 12.6. The number of hydrogen-bond acceptors (Lipinski definition) is 3. The van der Waals surface area contributed by atoms with E-state index >= 15 is 0 Å². The van der Waals surface area contributed by atoms with Gasteiger partial charge in [0.2, 0.25) is 10.0 Å². The van der Waals surface area contributed by atoms with E-state index in [-0.39, 0.29) is 5.91 Å². The molecule has 27 heavy (non-hydrogen) atoms. The summed E-state index contributed by atoms with van der Waals surface area (Å²) in [5.41, 5.74) is 5.61. The van der Waals surface area contributed by atoms with Gasteiger partial charge in [-0.15, -0.1) is 0 Å². The molecule has 0 aliphatic heterocycles. The molecule has 0 heterocycles. The molecule has 0 saturated carbocycles. The van der Waals surface area contributed by atoms with Crippen molar-refractivity contribution in [3.05, 3.63) is 58.7 Å². The lowest BCUT2D eigenvalue weighted by molar-refractivity contribution is 0.102. The van der Waals surface area contributed by atoms with E-state index in [1.807, 2.05) is 6.07 Å². The molecule has 1 unspecified atom stereocenters. The van der Waals surface area contributed by atoms with Crippen molar-refractivity contribution >= 4 is 27.3 Å². The zero-order valence-electron chi connectivity index (χ0n) is 16.2. The number of carbonyl (C=O) groups is 1. The van der Waals surface area contributed by atoms with E-state index in [0.717, 1.165) is 24.1 Å². The van der Waals surface area contributed by atoms with Crippen LogP contribution in [0, 0.1) is 12.8 Å². The number of benzene rings is 2. The number of hydrogen-bond donors (Lipinski definition) is 2. The van der Waals surface area contributed by atoms with E-state index in [9.17, 15) is 13.2 Å². The summed E-state index contributed by atoms with van der Waals surface area (Å²) in [6, 6.07) is 10.5. The zero-order valence-corrected chi connectivity index (χ0v) is 17.0. The number of carbonyl (C=O) groups excluding carboxylic acids is 1. The molecule has 6 heteroatoms. The van der Waals surface area contributed by atoms with Crippen molar-refractivity contribution in [1.82, 2.24) is 0 Å². The second kappa shape index (κ2) is 7.35. The van der Waals surface area contributed by atoms with Crippen LogP contribution in [0.2, 0.25) is 0 Å². The summed E-state index contributed by atoms with van der Waals surface area (Å²) in [7, 11) is -3.40. The molecule has 1 amide bonds. The molecule has 1 atom stereocenters. The van der Waals surface area contributed by atoms with Gasteiger partial charge in [0.1, 0.15) is 0 Å². The monoisotopic (exact) mass is 386 g/mol. The molecule has 1 aliphatic rings. The molecule has 5 nitrogen and oxygen atoms in total. The zero-order chi connectivity index (χ0) is 19.8. The Balaban J connectivity index is 1.73. The number of rotatable bonds is 5. The van der Waals surface area contributed by atoms with Gasteiger partial charge in [-0.25, -0.2) is 8.42 Å². The SMILES string of the molecule is Cc1c(NC(=O)c2ccc(NS(=O)(=O)C(C)C)cc2)ccc2c1CC(C)C2. The predicted molar refractivity (Wildman–Crippen MR) is 110 cm³/mol. The number of amides is 1. The fourth-order valence-corrected chi connectivity index (χ4v) is 4.09. The Hall–Kier alpha value is -2.34. The Bertz CT molecular complexity index is 964. The average Bonchev–Trinajstić information content (AvgIpc) is 2.99. The summed E-state index contributed by atoms with van der Waals surface area (Å²) in [6.45, 7) is 7.52. The first kappa shape index (κ1) is 19.4. The first-order valence-electron chi connectivity index (χ1n) is 9.21. The average molecular weight is 387 g/mol. The van der Waals surface area contributed by atoms with Crippen molar-refractivity contribution in [3.63, 3.8) is 0 Å². The Kier molecular flexibility index (Phi) is 5.29. The summed E-state index contributed by atoms with van der Waals surface area (Å²) >= 11 is 0. The number of nitrogens with one attached hydrogen (secondary N) is 2. The lowest BCUT2D eigenvalue weighted by Gasteiger charge is -2.13. The second-order valence-electron chi connectivity index (χ2n) is 7.62. The van der Waals surface area contributed by atoms with E-state index in [4.69, 9.17) is 0 Å². The van der Waals surface area contributed by atoms with E-state index in [2.05, 4.69) is 30.0 Å². The van der Waals surface area contributed by atoms with Crippen molar-refractivity contribution in [2.24, 2.45) is 5.92 Å². The van der Waals surface area contributed by atoms with Gasteiger partial charge in [0, 0.05) is 16.9 Å². The Morgan fingerprint density at radius 3 is 2.37 bits per heavy atom. The van der Waals surface area contributed by atoms with E-state index in [1.165, 1.54) is 11.1 Å². The van der Waals surface area contributed by atoms with Gasteiger partial charge in [-0.3, -0.25) is 9.52 Å². The maximum Gasteiger partial charge on any atom is 0.255 e. The number of fused-ring (bicyclic) bond motifs is 1. The third-order valence-electron chi connectivity index (χ3n) is 5.09. The molecular formula is C21H26N2O3S. The van der Waals surface area contributed by atoms with Gasteiger partial charge >= 0.3 is 0 Å². The Labute approximate surface area is 161 Å². The minimum atomic E-state index is -3.40. The molecule has 3 rings (SSSR count). The molecule has 2 aromatic rings. The molecule has 2 N–H and O–H groups in total. The van der Waals surface area contributed by atoms with Crippen molar-refractivity contribution in [3.8, 4) is 0 Å². The first-order valence-corrected chi connectivity index (χ1v) is 10.8. The Morgan fingerprint density at radius 2 is 1.74 bits per heavy atom. The van der Waals surface area contributed by atoms with Gasteiger partial charge in [-0.1, -0.05) is 13.0 Å². The highest BCUT2D eigenvalue weighted by molar-refractivity contribution is 7.93. The van der Waals surface area contributed by atoms with Gasteiger partial charge in [0.05, 0.1) is 5.25 Å². The molecule has 0 spiro atoms. The lowest BCUT2D eigenvalue weighted by atomic mass is 10.0. The normalized spacial score (nSPS) is 16.3. The van der Waals surface area contributed by atoms with Crippen LogP contribution in [-0.4, -0.2) is 19.6 Å². The van der Waals surface area contributed by atoms with Crippen LogP contribution >= 0.6 is 0 Å². The van der Waals surface area contributed by atoms with Crippen LogP contribution < -0.4 is 10.0 Å². The molecular weight excluding hydrogens is 360 g/mol. The van der Waals surface area contributed by atoms with Gasteiger partial charge in [0.15, 0.2) is 0 Å². The third kappa shape index (κ3) is 4.16. The summed E-state index contributed by atoms with van der Waals surface area (Å²) < 4.78 is 26.4. The van der Waals surface area contributed by atoms with Crippen LogP contribution in [0.1, 0.15) is 47.8 Å². The minimum absolute atomic E-state index is 0.206. The summed E-state index contributed by atoms with van der Waals surface area (Å²) in [5, 5.41) is 2.46. The highest BCUT2D eigenvalue weighted by atomic mass is 32.2. The fourth-order valence-electron chi connectivity index (χ4n) is 3.39. The largest absolute Gasteiger partial charge is 0.322 e. The highest BCUT2D eigenvalue weighted by Gasteiger charge is 2.21. The first-order chi connectivity index (χ1) is 12.7. The maximum atomic E-state index is 12.6. The lowest BCUT2D eigenvalue weighted by Crippen LogP contribution is -2.22. The van der Waals surface area contributed by atoms with Crippen molar-refractivity contribution in [2.45, 2.75) is 45.8 Å². The van der Waals surface area contributed by atoms with Crippen LogP contribution in [-0.2, 0) is 22.9 Å². The van der Waals surface area contributed by atoms with Crippen LogP contribution in [0.3, 0.4) is 0 Å². The van der Waals surface area contributed by atoms with Gasteiger partial charge < -0.3 is 5.32 Å². The van der Waals surface area contributed by atoms with Crippen LogP contribution in [0.15, 0.2) is 36.4 Å². The van der Waals surface area contributed by atoms with Crippen molar-refractivity contribution in [1.29, 1.82) is 0 Å². The summed E-state index contributed by atoms with van der Waals surface area (Å²) in [4.78, 5) is 12.6. The standard InChI is InChI=1S/C21H26N2O3S/c1-13(2)27(25,26)23-18-8-5-16(6-9-18)21(24)22-20-10-7-17-11-14(3)12-19(17)15(20)4/h5-10,13-14,23H,11-12H2,1-4H3,(H,22,24). The molecule has 144 valence electrons. The minimum Gasteiger partial charge on any atom is -0.322 e. The van der Waals surface area contributed by atoms with Crippen molar-refractivity contribution in [2.75, 3.05) is 10.0 Å². The third-order valence-corrected chi connectivity index (χ3v) is 6.85. The van der Waals surface area contributed by atoms with Crippen LogP contribution in [0.4, 0.5) is 11.4 Å². The highest BCUT2D eigenvalue weighted by Crippen LogP contribution is 2.33. The van der Waals surface area contributed by atoms with Gasteiger partial charge in [0.25, 0.3) is 5.91 Å². The second-order valence-corrected chi connectivity index (χ2v) is 9.85. The van der Waals surface area contributed by atoms with Crippen LogP contribution in [0.5, 0.6) is 0 Å². The molecule has 0 bridgehead atoms. The summed E-state index contributed by atoms with van der Waals surface area (Å²) in [5.74, 6) is 0.439. The van der Waals surface area contributed by atoms with E-state index in [1.54, 1.807) is 38.1 Å². The molecule has 0 radical (unpaired) electrons. The smallest absolute Gasteiger partial charge is 0.255 e. The molecule has 2 aromatic carbocycles. The quantitative estimate of drug-likeness (QED) is 0.811. The van der Waals surface area contributed by atoms with E-state index < -0.39 is 15.3 Å².